The second-order valence-corrected chi connectivity index (χ2v) is 6.64. The van der Waals surface area contributed by atoms with Crippen LogP contribution in [0, 0.1) is 5.41 Å². The molecule has 3 amide bonds. The summed E-state index contributed by atoms with van der Waals surface area (Å²) >= 11 is 0. The Hall–Kier alpha value is -3.80. The molecule has 0 bridgehead atoms. The van der Waals surface area contributed by atoms with Crippen LogP contribution in [-0.4, -0.2) is 47.5 Å². The van der Waals surface area contributed by atoms with E-state index in [-0.39, 0.29) is 23.6 Å². The van der Waals surface area contributed by atoms with Gasteiger partial charge in [-0.1, -0.05) is 70.2 Å². The third kappa shape index (κ3) is 4.17. The zero-order valence-corrected chi connectivity index (χ0v) is 19.4. The van der Waals surface area contributed by atoms with Gasteiger partial charge in [0.05, 0.1) is 11.1 Å². The van der Waals surface area contributed by atoms with E-state index in [0.29, 0.717) is 16.7 Å². The van der Waals surface area contributed by atoms with Crippen LogP contribution in [0.5, 0.6) is 0 Å². The zero-order chi connectivity index (χ0) is 24.0. The van der Waals surface area contributed by atoms with Crippen molar-refractivity contribution in [1.29, 1.82) is 5.41 Å². The lowest BCUT2D eigenvalue weighted by Crippen LogP contribution is -2.36. The standard InChI is InChI=1S/C13H10N2O.C9H7NO2.2C2H6/c1-15-12(14)9-6-2-4-8-5-3-7-10(11(8)9)13(15)16;1-10-8(11)6-4-2-3-5-7(6)9(10)12;2*1-2/h2-7,14H,1H3;2-5H,1H3;2*1-2H3. The molecule has 2 heterocycles. The number of hydrogen-bond donors (Lipinski definition) is 1. The van der Waals surface area contributed by atoms with Gasteiger partial charge in [0, 0.05) is 30.6 Å². The Morgan fingerprint density at radius 2 is 0.969 bits per heavy atom. The van der Waals surface area contributed by atoms with Crippen molar-refractivity contribution in [3.8, 4) is 0 Å². The highest BCUT2D eigenvalue weighted by molar-refractivity contribution is 6.26. The summed E-state index contributed by atoms with van der Waals surface area (Å²) in [7, 11) is 3.13. The molecule has 0 aromatic heterocycles. The SMILES string of the molecule is CC.CC.CN1C(=N)c2cccc3cccc(c23)C1=O.CN1C(=O)c2ccccc2C1=O. The van der Waals surface area contributed by atoms with E-state index in [9.17, 15) is 14.4 Å². The maximum atomic E-state index is 12.0. The number of imide groups is 1. The van der Waals surface area contributed by atoms with Gasteiger partial charge < -0.3 is 0 Å². The van der Waals surface area contributed by atoms with Crippen LogP contribution >= 0.6 is 0 Å². The molecule has 3 aromatic rings. The van der Waals surface area contributed by atoms with Gasteiger partial charge >= 0.3 is 0 Å². The zero-order valence-electron chi connectivity index (χ0n) is 19.4. The van der Waals surface area contributed by atoms with E-state index < -0.39 is 0 Å². The van der Waals surface area contributed by atoms with Crippen molar-refractivity contribution in [2.45, 2.75) is 27.7 Å². The third-order valence-corrected chi connectivity index (χ3v) is 5.03. The summed E-state index contributed by atoms with van der Waals surface area (Å²) in [6.45, 7) is 8.00. The van der Waals surface area contributed by atoms with Gasteiger partial charge in [0.15, 0.2) is 0 Å². The highest BCUT2D eigenvalue weighted by Gasteiger charge is 2.31. The van der Waals surface area contributed by atoms with Crippen LogP contribution in [0.3, 0.4) is 0 Å². The molecule has 0 saturated heterocycles. The van der Waals surface area contributed by atoms with Gasteiger partial charge in [0.2, 0.25) is 0 Å². The highest BCUT2D eigenvalue weighted by atomic mass is 16.2. The molecule has 32 heavy (non-hydrogen) atoms. The summed E-state index contributed by atoms with van der Waals surface area (Å²) in [5, 5.41) is 9.86. The minimum absolute atomic E-state index is 0.102. The molecule has 0 aliphatic carbocycles. The summed E-state index contributed by atoms with van der Waals surface area (Å²) < 4.78 is 0. The molecule has 3 aromatic carbocycles. The van der Waals surface area contributed by atoms with E-state index in [1.54, 1.807) is 31.3 Å². The summed E-state index contributed by atoms with van der Waals surface area (Å²) in [4.78, 5) is 37.1. The number of benzene rings is 3. The van der Waals surface area contributed by atoms with Crippen molar-refractivity contribution in [3.63, 3.8) is 0 Å². The van der Waals surface area contributed by atoms with Gasteiger partial charge in [0.25, 0.3) is 17.7 Å². The lowest BCUT2D eigenvalue weighted by atomic mass is 9.94. The Morgan fingerprint density at radius 1 is 0.562 bits per heavy atom. The topological polar surface area (TPSA) is 81.5 Å². The first kappa shape index (κ1) is 24.5. The fraction of sp³-hybridized carbons (Fsp3) is 0.231. The van der Waals surface area contributed by atoms with Gasteiger partial charge in [-0.05, 0) is 23.6 Å². The number of amides is 3. The number of hydrogen-bond acceptors (Lipinski definition) is 4. The molecule has 6 nitrogen and oxygen atoms in total. The minimum Gasteiger partial charge on any atom is -0.296 e. The Kier molecular flexibility index (Phi) is 8.02. The predicted octanol–water partition coefficient (Wildman–Crippen LogP) is 5.22. The lowest BCUT2D eigenvalue weighted by molar-refractivity contribution is 0.0692. The molecule has 2 aliphatic heterocycles. The van der Waals surface area contributed by atoms with Crippen molar-refractivity contribution in [2.75, 3.05) is 14.1 Å². The van der Waals surface area contributed by atoms with Crippen LogP contribution in [-0.2, 0) is 0 Å². The van der Waals surface area contributed by atoms with Crippen molar-refractivity contribution in [1.82, 2.24) is 9.80 Å². The van der Waals surface area contributed by atoms with Gasteiger partial charge in [-0.2, -0.15) is 0 Å². The molecule has 0 atom stereocenters. The van der Waals surface area contributed by atoms with Crippen LogP contribution < -0.4 is 0 Å². The van der Waals surface area contributed by atoms with Crippen LogP contribution in [0.25, 0.3) is 10.8 Å². The van der Waals surface area contributed by atoms with Crippen LogP contribution in [0.4, 0.5) is 0 Å². The van der Waals surface area contributed by atoms with Crippen molar-refractivity contribution in [2.24, 2.45) is 0 Å². The molecule has 1 N–H and O–H groups in total. The number of fused-ring (bicyclic) bond motifs is 1. The molecule has 166 valence electrons. The summed E-state index contributed by atoms with van der Waals surface area (Å²) in [5.41, 5.74) is 2.52. The van der Waals surface area contributed by atoms with Crippen molar-refractivity contribution in [3.05, 3.63) is 82.9 Å². The van der Waals surface area contributed by atoms with E-state index in [4.69, 9.17) is 5.41 Å². The summed E-state index contributed by atoms with van der Waals surface area (Å²) in [6, 6.07) is 18.3. The Bertz CT molecular complexity index is 1100. The number of nitrogens with zero attached hydrogens (tertiary/aromatic N) is 2. The van der Waals surface area contributed by atoms with E-state index in [1.807, 2.05) is 64.1 Å². The number of carbonyl (C=O) groups excluding carboxylic acids is 3. The fourth-order valence-corrected chi connectivity index (χ4v) is 3.49. The van der Waals surface area contributed by atoms with E-state index in [1.165, 1.54) is 11.9 Å². The smallest absolute Gasteiger partial charge is 0.261 e. The largest absolute Gasteiger partial charge is 0.296 e. The molecule has 5 rings (SSSR count). The number of carbonyl (C=O) groups is 3. The van der Waals surface area contributed by atoms with Crippen molar-refractivity contribution >= 4 is 34.3 Å². The summed E-state index contributed by atoms with van der Waals surface area (Å²) in [6.07, 6.45) is 0. The van der Waals surface area contributed by atoms with Crippen LogP contribution in [0.2, 0.25) is 0 Å². The molecule has 0 saturated carbocycles. The highest BCUT2D eigenvalue weighted by Crippen LogP contribution is 2.29. The second-order valence-electron chi connectivity index (χ2n) is 6.64. The van der Waals surface area contributed by atoms with E-state index in [0.717, 1.165) is 21.2 Å². The maximum Gasteiger partial charge on any atom is 0.261 e. The minimum atomic E-state index is -0.212. The van der Waals surface area contributed by atoms with Crippen molar-refractivity contribution < 1.29 is 14.4 Å². The Balaban J connectivity index is 0.000000203. The van der Waals surface area contributed by atoms with E-state index in [2.05, 4.69) is 0 Å². The first-order chi connectivity index (χ1) is 15.4. The van der Waals surface area contributed by atoms with E-state index >= 15 is 0 Å². The lowest BCUT2D eigenvalue weighted by Gasteiger charge is -2.25. The molecule has 0 radical (unpaired) electrons. The number of nitrogens with one attached hydrogen (secondary N) is 1. The first-order valence-electron chi connectivity index (χ1n) is 10.7. The normalized spacial score (nSPS) is 13.4. The van der Waals surface area contributed by atoms with Gasteiger partial charge in [-0.25, -0.2) is 0 Å². The quantitative estimate of drug-likeness (QED) is 0.496. The average Bonchev–Trinajstić information content (AvgIpc) is 3.08. The van der Waals surface area contributed by atoms with Gasteiger partial charge in [-0.15, -0.1) is 0 Å². The second kappa shape index (κ2) is 10.5. The van der Waals surface area contributed by atoms with Gasteiger partial charge in [-0.3, -0.25) is 29.6 Å². The monoisotopic (exact) mass is 431 g/mol. The average molecular weight is 432 g/mol. The molecule has 2 aliphatic rings. The number of amidine groups is 1. The molecule has 0 fully saturated rings. The Labute approximate surface area is 189 Å². The first-order valence-corrected chi connectivity index (χ1v) is 10.7. The van der Waals surface area contributed by atoms with Gasteiger partial charge in [0.1, 0.15) is 5.84 Å². The molecular formula is C26H29N3O3. The fourth-order valence-electron chi connectivity index (χ4n) is 3.49. The van der Waals surface area contributed by atoms with Crippen LogP contribution in [0.15, 0.2) is 60.7 Å². The maximum absolute atomic E-state index is 12.0. The Morgan fingerprint density at radius 3 is 1.47 bits per heavy atom. The summed E-state index contributed by atoms with van der Waals surface area (Å²) in [5.74, 6) is -0.255. The molecule has 0 unspecified atom stereocenters. The molecule has 0 spiro atoms. The third-order valence-electron chi connectivity index (χ3n) is 5.03. The molecular weight excluding hydrogens is 402 g/mol. The molecule has 6 heteroatoms. The predicted molar refractivity (Wildman–Crippen MR) is 128 cm³/mol. The number of rotatable bonds is 0. The van der Waals surface area contributed by atoms with Crippen LogP contribution in [0.1, 0.15) is 64.3 Å².